The summed E-state index contributed by atoms with van der Waals surface area (Å²) in [5.41, 5.74) is 0. The quantitative estimate of drug-likeness (QED) is 0.263. The summed E-state index contributed by atoms with van der Waals surface area (Å²) in [7, 11) is -7.51. The molecule has 0 spiro atoms. The molecule has 144 valence electrons. The standard InChI is InChI=1S/C15H32O7SSi/c1-5-9-10-11-14(16)15(23(17,18)19)12-13-24(20-6-2,21-7-3)22-8-4/h15H,5-13H2,1-4H3,(H,17,18,19). The number of unbranched alkanes of at least 4 members (excludes halogenated alkanes) is 2. The van der Waals surface area contributed by atoms with E-state index in [2.05, 4.69) is 0 Å². The molecule has 0 aliphatic rings. The average Bonchev–Trinajstić information content (AvgIpc) is 2.47. The van der Waals surface area contributed by atoms with Crippen molar-refractivity contribution < 1.29 is 31.0 Å². The summed E-state index contributed by atoms with van der Waals surface area (Å²) in [6.07, 6.45) is 2.48. The van der Waals surface area contributed by atoms with Crippen LogP contribution in [-0.2, 0) is 28.2 Å². The Hall–Kier alpha value is -0.323. The number of ketones is 1. The first-order chi connectivity index (χ1) is 11.3. The van der Waals surface area contributed by atoms with E-state index in [4.69, 9.17) is 13.3 Å². The van der Waals surface area contributed by atoms with Gasteiger partial charge in [-0.25, -0.2) is 0 Å². The molecule has 0 saturated carbocycles. The van der Waals surface area contributed by atoms with E-state index >= 15 is 0 Å². The van der Waals surface area contributed by atoms with Crippen LogP contribution >= 0.6 is 0 Å². The van der Waals surface area contributed by atoms with Crippen molar-refractivity contribution in [1.82, 2.24) is 0 Å². The van der Waals surface area contributed by atoms with Crippen LogP contribution in [0.4, 0.5) is 0 Å². The Bertz CT molecular complexity index is 436. The molecular formula is C15H32O7SSi. The van der Waals surface area contributed by atoms with Gasteiger partial charge in [0.05, 0.1) is 0 Å². The van der Waals surface area contributed by atoms with Crippen molar-refractivity contribution in [3.05, 3.63) is 0 Å². The predicted molar refractivity (Wildman–Crippen MR) is 94.5 cm³/mol. The lowest BCUT2D eigenvalue weighted by Gasteiger charge is -2.29. The molecule has 0 aromatic rings. The van der Waals surface area contributed by atoms with Crippen molar-refractivity contribution in [2.24, 2.45) is 0 Å². The third-order valence-electron chi connectivity index (χ3n) is 3.55. The monoisotopic (exact) mass is 384 g/mol. The van der Waals surface area contributed by atoms with E-state index in [1.807, 2.05) is 6.92 Å². The number of hydrogen-bond donors (Lipinski definition) is 1. The molecule has 1 N–H and O–H groups in total. The van der Waals surface area contributed by atoms with Gasteiger partial charge in [-0.2, -0.15) is 8.42 Å². The summed E-state index contributed by atoms with van der Waals surface area (Å²) in [6, 6.07) is 0.173. The molecule has 24 heavy (non-hydrogen) atoms. The molecule has 0 amide bonds. The first-order valence-corrected chi connectivity index (χ1v) is 12.1. The molecule has 1 unspecified atom stereocenters. The SMILES string of the molecule is CCCCCC(=O)C(CC[Si](OCC)(OCC)OCC)S(=O)(=O)O. The number of rotatable bonds is 15. The minimum Gasteiger partial charge on any atom is -0.374 e. The summed E-state index contributed by atoms with van der Waals surface area (Å²) < 4.78 is 49.7. The highest BCUT2D eigenvalue weighted by molar-refractivity contribution is 7.87. The number of Topliss-reactive ketones (excluding diaryl/α,β-unsaturated/α-hetero) is 1. The molecule has 0 rings (SSSR count). The lowest BCUT2D eigenvalue weighted by atomic mass is 10.1. The summed E-state index contributed by atoms with van der Waals surface area (Å²) >= 11 is 0. The van der Waals surface area contributed by atoms with Crippen molar-refractivity contribution >= 4 is 24.7 Å². The molecule has 0 aromatic carbocycles. The van der Waals surface area contributed by atoms with E-state index in [0.29, 0.717) is 26.2 Å². The summed E-state index contributed by atoms with van der Waals surface area (Å²) in [5.74, 6) is -0.460. The molecule has 1 atom stereocenters. The van der Waals surface area contributed by atoms with E-state index < -0.39 is 30.0 Å². The van der Waals surface area contributed by atoms with Gasteiger partial charge in [0.1, 0.15) is 5.25 Å². The lowest BCUT2D eigenvalue weighted by Crippen LogP contribution is -2.47. The van der Waals surface area contributed by atoms with Crippen LogP contribution in [0.3, 0.4) is 0 Å². The molecule has 7 nitrogen and oxygen atoms in total. The summed E-state index contributed by atoms with van der Waals surface area (Å²) in [5, 5.41) is -1.44. The highest BCUT2D eigenvalue weighted by Gasteiger charge is 2.43. The molecule has 0 aliphatic carbocycles. The Labute approximate surface area is 147 Å². The molecule has 0 radical (unpaired) electrons. The van der Waals surface area contributed by atoms with Gasteiger partial charge in [-0.3, -0.25) is 9.35 Å². The highest BCUT2D eigenvalue weighted by Crippen LogP contribution is 2.23. The van der Waals surface area contributed by atoms with E-state index in [1.54, 1.807) is 20.8 Å². The highest BCUT2D eigenvalue weighted by atomic mass is 32.2. The Morgan fingerprint density at radius 2 is 1.50 bits per heavy atom. The zero-order valence-corrected chi connectivity index (χ0v) is 17.1. The minimum atomic E-state index is -4.46. The third-order valence-corrected chi connectivity index (χ3v) is 7.86. The van der Waals surface area contributed by atoms with Crippen LogP contribution in [0.5, 0.6) is 0 Å². The van der Waals surface area contributed by atoms with E-state index in [-0.39, 0.29) is 18.9 Å². The summed E-state index contributed by atoms with van der Waals surface area (Å²) in [4.78, 5) is 12.2. The van der Waals surface area contributed by atoms with Crippen molar-refractivity contribution in [2.75, 3.05) is 19.8 Å². The molecular weight excluding hydrogens is 352 g/mol. The zero-order chi connectivity index (χ0) is 18.6. The zero-order valence-electron chi connectivity index (χ0n) is 15.2. The normalized spacial score (nSPS) is 13.9. The van der Waals surface area contributed by atoms with E-state index in [1.165, 1.54) is 0 Å². The molecule has 0 bridgehead atoms. The molecule has 0 fully saturated rings. The van der Waals surface area contributed by atoms with Gasteiger partial charge >= 0.3 is 8.80 Å². The Morgan fingerprint density at radius 3 is 1.88 bits per heavy atom. The predicted octanol–water partition coefficient (Wildman–Crippen LogP) is 2.83. The van der Waals surface area contributed by atoms with E-state index in [0.717, 1.165) is 12.8 Å². The van der Waals surface area contributed by atoms with Gasteiger partial charge < -0.3 is 13.3 Å². The van der Waals surface area contributed by atoms with E-state index in [9.17, 15) is 17.8 Å². The Morgan fingerprint density at radius 1 is 1.00 bits per heavy atom. The molecule has 0 saturated heterocycles. The van der Waals surface area contributed by atoms with Gasteiger partial charge in [0.15, 0.2) is 5.78 Å². The van der Waals surface area contributed by atoms with Crippen molar-refractivity contribution in [1.29, 1.82) is 0 Å². The molecule has 0 heterocycles. The fourth-order valence-corrected chi connectivity index (χ4v) is 6.22. The van der Waals surface area contributed by atoms with Crippen LogP contribution in [0.15, 0.2) is 0 Å². The number of carbonyl (C=O) groups excluding carboxylic acids is 1. The van der Waals surface area contributed by atoms with Crippen LogP contribution in [0.25, 0.3) is 0 Å². The number of carbonyl (C=O) groups is 1. The first-order valence-electron chi connectivity index (χ1n) is 8.67. The van der Waals surface area contributed by atoms with Crippen molar-refractivity contribution in [3.63, 3.8) is 0 Å². The third kappa shape index (κ3) is 8.68. The van der Waals surface area contributed by atoms with Gasteiger partial charge in [-0.1, -0.05) is 19.8 Å². The van der Waals surface area contributed by atoms with Crippen molar-refractivity contribution in [2.45, 2.75) is 71.1 Å². The minimum absolute atomic E-state index is 0.0595. The van der Waals surface area contributed by atoms with Gasteiger partial charge in [0.25, 0.3) is 10.1 Å². The van der Waals surface area contributed by atoms with Crippen LogP contribution < -0.4 is 0 Å². The average molecular weight is 385 g/mol. The van der Waals surface area contributed by atoms with Gasteiger partial charge in [-0.05, 0) is 33.6 Å². The Balaban J connectivity index is 5.08. The topological polar surface area (TPSA) is 99.1 Å². The van der Waals surface area contributed by atoms with Crippen LogP contribution in [0, 0.1) is 0 Å². The second-order valence-corrected chi connectivity index (χ2v) is 9.78. The maximum absolute atomic E-state index is 12.2. The smallest absolute Gasteiger partial charge is 0.374 e. The van der Waals surface area contributed by atoms with Crippen molar-refractivity contribution in [3.8, 4) is 0 Å². The van der Waals surface area contributed by atoms with Gasteiger partial charge in [0, 0.05) is 32.3 Å². The van der Waals surface area contributed by atoms with Crippen LogP contribution in [-0.4, -0.2) is 52.6 Å². The summed E-state index contributed by atoms with van der Waals surface area (Å²) in [6.45, 7) is 8.51. The van der Waals surface area contributed by atoms with Gasteiger partial charge in [-0.15, -0.1) is 0 Å². The molecule has 9 heteroatoms. The maximum atomic E-state index is 12.2. The fourth-order valence-electron chi connectivity index (χ4n) is 2.50. The van der Waals surface area contributed by atoms with Crippen LogP contribution in [0.1, 0.15) is 59.8 Å². The maximum Gasteiger partial charge on any atom is 0.500 e. The lowest BCUT2D eigenvalue weighted by molar-refractivity contribution is -0.118. The molecule has 0 aromatic heterocycles. The first kappa shape index (κ1) is 23.7. The fraction of sp³-hybridized carbons (Fsp3) is 0.933. The van der Waals surface area contributed by atoms with Gasteiger partial charge in [0.2, 0.25) is 0 Å². The Kier molecular flexibility index (Phi) is 11.9. The molecule has 0 aliphatic heterocycles. The largest absolute Gasteiger partial charge is 0.500 e. The second kappa shape index (κ2) is 12.1. The second-order valence-electron chi connectivity index (χ2n) is 5.45. The number of hydrogen-bond acceptors (Lipinski definition) is 6. The van der Waals surface area contributed by atoms with Crippen LogP contribution in [0.2, 0.25) is 6.04 Å².